The average molecular weight is 206 g/mol. The van der Waals surface area contributed by atoms with Crippen molar-refractivity contribution in [3.63, 3.8) is 0 Å². The summed E-state index contributed by atoms with van der Waals surface area (Å²) in [6.07, 6.45) is 0.869. The van der Waals surface area contributed by atoms with Crippen LogP contribution in [0.2, 0.25) is 0 Å². The van der Waals surface area contributed by atoms with Gasteiger partial charge >= 0.3 is 0 Å². The molecule has 15 heavy (non-hydrogen) atoms. The second-order valence-corrected chi connectivity index (χ2v) is 3.66. The van der Waals surface area contributed by atoms with Gasteiger partial charge < -0.3 is 15.8 Å². The fourth-order valence-electron chi connectivity index (χ4n) is 1.49. The summed E-state index contributed by atoms with van der Waals surface area (Å²) in [5.74, 6) is 0. The summed E-state index contributed by atoms with van der Waals surface area (Å²) < 4.78 is 0. The first-order valence-corrected chi connectivity index (χ1v) is 5.20. The monoisotopic (exact) mass is 206 g/mol. The van der Waals surface area contributed by atoms with Crippen molar-refractivity contribution < 1.29 is 4.79 Å². The topological polar surface area (TPSA) is 55.1 Å². The van der Waals surface area contributed by atoms with Gasteiger partial charge in [0.15, 0.2) is 0 Å². The molecule has 0 saturated heterocycles. The first-order chi connectivity index (χ1) is 7.19. The molecule has 3 N–H and O–H groups in total. The number of rotatable bonds is 5. The van der Waals surface area contributed by atoms with Crippen molar-refractivity contribution in [1.29, 1.82) is 0 Å². The minimum absolute atomic E-state index is 0.275. The van der Waals surface area contributed by atoms with Crippen LogP contribution in [0.4, 0.5) is 0 Å². The van der Waals surface area contributed by atoms with E-state index in [-0.39, 0.29) is 12.1 Å². The normalized spacial score (nSPS) is 14.6. The molecule has 0 bridgehead atoms. The Bertz CT molecular complexity index is 308. The van der Waals surface area contributed by atoms with Gasteiger partial charge in [-0.3, -0.25) is 0 Å². The summed E-state index contributed by atoms with van der Waals surface area (Å²) in [5, 5.41) is 3.05. The number of nitrogens with one attached hydrogen (secondary N) is 1. The Labute approximate surface area is 90.7 Å². The average Bonchev–Trinajstić information content (AvgIpc) is 2.26. The van der Waals surface area contributed by atoms with Crippen molar-refractivity contribution in [2.24, 2.45) is 5.73 Å². The van der Waals surface area contributed by atoms with E-state index >= 15 is 0 Å². The van der Waals surface area contributed by atoms with Gasteiger partial charge in [0.2, 0.25) is 0 Å². The molecule has 3 heteroatoms. The van der Waals surface area contributed by atoms with Crippen LogP contribution in [0, 0.1) is 6.92 Å². The molecular formula is C12H18N2O. The van der Waals surface area contributed by atoms with E-state index < -0.39 is 0 Å². The number of aldehydes is 1. The molecule has 0 fully saturated rings. The van der Waals surface area contributed by atoms with E-state index in [2.05, 4.69) is 5.32 Å². The molecule has 0 saturated carbocycles. The van der Waals surface area contributed by atoms with E-state index in [4.69, 9.17) is 5.73 Å². The van der Waals surface area contributed by atoms with E-state index in [1.807, 2.05) is 38.1 Å². The lowest BCUT2D eigenvalue weighted by atomic mass is 10.00. The van der Waals surface area contributed by atoms with Gasteiger partial charge in [-0.15, -0.1) is 0 Å². The minimum atomic E-state index is -0.308. The molecule has 1 aromatic carbocycles. The number of hydrogen-bond acceptors (Lipinski definition) is 3. The van der Waals surface area contributed by atoms with Crippen molar-refractivity contribution >= 4 is 6.29 Å². The number of hydrogen-bond donors (Lipinski definition) is 2. The summed E-state index contributed by atoms with van der Waals surface area (Å²) in [5.41, 5.74) is 8.17. The number of carbonyl (C=O) groups is 1. The first kappa shape index (κ1) is 11.9. The van der Waals surface area contributed by atoms with E-state index in [0.717, 1.165) is 18.4 Å². The van der Waals surface area contributed by atoms with Gasteiger partial charge in [-0.05, 0) is 19.0 Å². The molecule has 1 aromatic rings. The van der Waals surface area contributed by atoms with E-state index in [9.17, 15) is 4.79 Å². The van der Waals surface area contributed by atoms with Crippen LogP contribution in [-0.4, -0.2) is 18.9 Å². The van der Waals surface area contributed by atoms with Crippen LogP contribution in [0.25, 0.3) is 0 Å². The fourth-order valence-corrected chi connectivity index (χ4v) is 1.49. The molecule has 2 unspecified atom stereocenters. The second-order valence-electron chi connectivity index (χ2n) is 3.66. The molecule has 0 aliphatic heterocycles. The quantitative estimate of drug-likeness (QED) is 0.711. The Morgan fingerprint density at radius 2 is 2.00 bits per heavy atom. The Morgan fingerprint density at radius 3 is 2.47 bits per heavy atom. The Kier molecular flexibility index (Phi) is 4.46. The van der Waals surface area contributed by atoms with Gasteiger partial charge in [0.25, 0.3) is 0 Å². The first-order valence-electron chi connectivity index (χ1n) is 5.20. The van der Waals surface area contributed by atoms with E-state index in [0.29, 0.717) is 0 Å². The molecular weight excluding hydrogens is 188 g/mol. The predicted octanol–water partition coefficient (Wildman–Crippen LogP) is 1.17. The minimum Gasteiger partial charge on any atom is -0.322 e. The Hall–Kier alpha value is -1.19. The number of carbonyl (C=O) groups excluding carboxylic acids is 1. The maximum Gasteiger partial charge on any atom is 0.138 e. The summed E-state index contributed by atoms with van der Waals surface area (Å²) in [7, 11) is 0. The largest absolute Gasteiger partial charge is 0.322 e. The highest BCUT2D eigenvalue weighted by atomic mass is 16.1. The number of benzene rings is 1. The van der Waals surface area contributed by atoms with Gasteiger partial charge in [0, 0.05) is 0 Å². The van der Waals surface area contributed by atoms with Crippen LogP contribution in [0.3, 0.4) is 0 Å². The van der Waals surface area contributed by atoms with Gasteiger partial charge in [0.1, 0.15) is 6.29 Å². The maximum absolute atomic E-state index is 10.8. The third-order valence-electron chi connectivity index (χ3n) is 2.44. The molecule has 0 heterocycles. The zero-order chi connectivity index (χ0) is 11.3. The number of aryl methyl sites for hydroxylation is 1. The van der Waals surface area contributed by atoms with E-state index in [1.165, 1.54) is 5.56 Å². The second kappa shape index (κ2) is 5.63. The van der Waals surface area contributed by atoms with Crippen molar-refractivity contribution in [2.45, 2.75) is 25.9 Å². The summed E-state index contributed by atoms with van der Waals surface area (Å²) in [6.45, 7) is 4.72. The van der Waals surface area contributed by atoms with Crippen LogP contribution in [0.5, 0.6) is 0 Å². The lowest BCUT2D eigenvalue weighted by Gasteiger charge is -2.19. The van der Waals surface area contributed by atoms with Crippen LogP contribution in [0.15, 0.2) is 24.3 Å². The highest BCUT2D eigenvalue weighted by molar-refractivity contribution is 5.59. The Morgan fingerprint density at radius 1 is 1.40 bits per heavy atom. The lowest BCUT2D eigenvalue weighted by molar-refractivity contribution is -0.110. The van der Waals surface area contributed by atoms with Gasteiger partial charge in [0.05, 0.1) is 12.1 Å². The molecule has 0 aliphatic rings. The molecule has 0 aliphatic carbocycles. The molecule has 0 radical (unpaired) electrons. The number of likely N-dealkylation sites (N-methyl/N-ethyl adjacent to an activating group) is 1. The summed E-state index contributed by atoms with van der Waals surface area (Å²) >= 11 is 0. The summed E-state index contributed by atoms with van der Waals surface area (Å²) in [4.78, 5) is 10.8. The molecule has 0 amide bonds. The molecule has 0 aromatic heterocycles. The fraction of sp³-hybridized carbons (Fsp3) is 0.417. The third kappa shape index (κ3) is 3.15. The number of nitrogens with two attached hydrogens (primary N) is 1. The zero-order valence-corrected chi connectivity index (χ0v) is 9.23. The van der Waals surface area contributed by atoms with Crippen molar-refractivity contribution in [2.75, 3.05) is 6.54 Å². The van der Waals surface area contributed by atoms with E-state index in [1.54, 1.807) is 0 Å². The highest BCUT2D eigenvalue weighted by Crippen LogP contribution is 2.13. The predicted molar refractivity (Wildman–Crippen MR) is 61.6 cm³/mol. The summed E-state index contributed by atoms with van der Waals surface area (Å²) in [6, 6.07) is 7.36. The zero-order valence-electron chi connectivity index (χ0n) is 9.23. The molecule has 0 spiro atoms. The molecule has 1 rings (SSSR count). The van der Waals surface area contributed by atoms with Crippen molar-refractivity contribution in [3.8, 4) is 0 Å². The van der Waals surface area contributed by atoms with Crippen molar-refractivity contribution in [3.05, 3.63) is 35.4 Å². The van der Waals surface area contributed by atoms with Gasteiger partial charge in [-0.2, -0.15) is 0 Å². The third-order valence-corrected chi connectivity index (χ3v) is 2.44. The van der Waals surface area contributed by atoms with Gasteiger partial charge in [-0.1, -0.05) is 36.8 Å². The van der Waals surface area contributed by atoms with Crippen LogP contribution >= 0.6 is 0 Å². The molecule has 3 nitrogen and oxygen atoms in total. The van der Waals surface area contributed by atoms with Crippen LogP contribution in [-0.2, 0) is 4.79 Å². The maximum atomic E-state index is 10.8. The Balaban J connectivity index is 2.77. The van der Waals surface area contributed by atoms with Crippen LogP contribution < -0.4 is 11.1 Å². The van der Waals surface area contributed by atoms with Gasteiger partial charge in [-0.25, -0.2) is 0 Å². The smallest absolute Gasteiger partial charge is 0.138 e. The lowest BCUT2D eigenvalue weighted by Crippen LogP contribution is -2.40. The molecule has 82 valence electrons. The SMILES string of the molecule is CCNC(C=O)C(N)c1ccc(C)cc1. The van der Waals surface area contributed by atoms with Crippen molar-refractivity contribution in [1.82, 2.24) is 5.32 Å². The standard InChI is InChI=1S/C12H18N2O/c1-3-14-11(8-15)12(13)10-6-4-9(2)5-7-10/h4-8,11-12,14H,3,13H2,1-2H3. The van der Waals surface area contributed by atoms with Crippen LogP contribution in [0.1, 0.15) is 24.1 Å². The highest BCUT2D eigenvalue weighted by Gasteiger charge is 2.17. The molecule has 2 atom stereocenters.